The molecule has 2 aromatic carbocycles. The molecule has 10 heteroatoms. The number of halogens is 2. The third-order valence-electron chi connectivity index (χ3n) is 4.80. The molecule has 0 spiro atoms. The number of nitrogens with zero attached hydrogens (tertiary/aromatic N) is 2. The van der Waals surface area contributed by atoms with Crippen molar-refractivity contribution in [1.82, 2.24) is 10.2 Å². The molecule has 0 saturated carbocycles. The number of anilines is 1. The second kappa shape index (κ2) is 10.3. The molecule has 0 fully saturated rings. The molecule has 31 heavy (non-hydrogen) atoms. The van der Waals surface area contributed by atoms with Crippen LogP contribution in [-0.2, 0) is 26.2 Å². The van der Waals surface area contributed by atoms with E-state index >= 15 is 0 Å². The minimum atomic E-state index is -3.81. The standard InChI is InChI=1S/C21H25Cl2N3O4S/c1-14-5-8-18(23)11-19(14)26(31(4,29)30)13-20(27)25(15(2)21(28)24-3)12-16-6-9-17(22)10-7-16/h5-11,15H,12-13H2,1-4H3,(H,24,28)/t15-/m0/s1. The molecule has 0 heterocycles. The number of likely N-dealkylation sites (N-methyl/N-ethyl adjacent to an activating group) is 1. The third-order valence-corrected chi connectivity index (χ3v) is 6.41. The van der Waals surface area contributed by atoms with Crippen LogP contribution in [0.2, 0.25) is 10.0 Å². The third kappa shape index (κ3) is 6.59. The van der Waals surface area contributed by atoms with Crippen LogP contribution in [0.1, 0.15) is 18.1 Å². The van der Waals surface area contributed by atoms with Crippen molar-refractivity contribution >= 4 is 50.7 Å². The summed E-state index contributed by atoms with van der Waals surface area (Å²) in [5.74, 6) is -0.900. The lowest BCUT2D eigenvalue weighted by Crippen LogP contribution is -2.50. The van der Waals surface area contributed by atoms with Crippen LogP contribution in [0.3, 0.4) is 0 Å². The van der Waals surface area contributed by atoms with E-state index in [1.54, 1.807) is 50.2 Å². The highest BCUT2D eigenvalue weighted by molar-refractivity contribution is 7.92. The van der Waals surface area contributed by atoms with E-state index in [-0.39, 0.29) is 12.5 Å². The minimum Gasteiger partial charge on any atom is -0.357 e. The maximum Gasteiger partial charge on any atom is 0.244 e. The summed E-state index contributed by atoms with van der Waals surface area (Å²) in [6.45, 7) is 2.95. The lowest BCUT2D eigenvalue weighted by molar-refractivity contribution is -0.139. The first-order chi connectivity index (χ1) is 14.4. The van der Waals surface area contributed by atoms with Crippen LogP contribution in [0, 0.1) is 6.92 Å². The highest BCUT2D eigenvalue weighted by atomic mass is 35.5. The molecule has 0 aromatic heterocycles. The van der Waals surface area contributed by atoms with Gasteiger partial charge in [-0.2, -0.15) is 0 Å². The Kier molecular flexibility index (Phi) is 8.34. The first-order valence-corrected chi connectivity index (χ1v) is 12.0. The lowest BCUT2D eigenvalue weighted by atomic mass is 10.1. The van der Waals surface area contributed by atoms with E-state index in [1.807, 2.05) is 0 Å². The van der Waals surface area contributed by atoms with Gasteiger partial charge in [0, 0.05) is 23.6 Å². The molecule has 168 valence electrons. The summed E-state index contributed by atoms with van der Waals surface area (Å²) in [4.78, 5) is 26.9. The van der Waals surface area contributed by atoms with E-state index in [0.29, 0.717) is 21.3 Å². The summed E-state index contributed by atoms with van der Waals surface area (Å²) in [5.41, 5.74) is 1.70. The van der Waals surface area contributed by atoms with Gasteiger partial charge < -0.3 is 10.2 Å². The molecule has 0 radical (unpaired) electrons. The largest absolute Gasteiger partial charge is 0.357 e. The number of carbonyl (C=O) groups excluding carboxylic acids is 2. The number of sulfonamides is 1. The van der Waals surface area contributed by atoms with Crippen molar-refractivity contribution in [3.8, 4) is 0 Å². The fraction of sp³-hybridized carbons (Fsp3) is 0.333. The monoisotopic (exact) mass is 485 g/mol. The molecule has 1 N–H and O–H groups in total. The molecule has 0 aliphatic rings. The highest BCUT2D eigenvalue weighted by Gasteiger charge is 2.30. The van der Waals surface area contributed by atoms with Gasteiger partial charge in [-0.1, -0.05) is 41.4 Å². The Balaban J connectivity index is 2.42. The van der Waals surface area contributed by atoms with E-state index in [2.05, 4.69) is 5.32 Å². The predicted octanol–water partition coefficient (Wildman–Crippen LogP) is 3.23. The topological polar surface area (TPSA) is 86.8 Å². The molecule has 0 aliphatic heterocycles. The zero-order chi connectivity index (χ0) is 23.3. The molecule has 0 aliphatic carbocycles. The molecule has 2 aromatic rings. The molecule has 0 unspecified atom stereocenters. The number of amides is 2. The fourth-order valence-electron chi connectivity index (χ4n) is 3.02. The van der Waals surface area contributed by atoms with Crippen LogP contribution in [0.5, 0.6) is 0 Å². The number of aryl methyl sites for hydroxylation is 1. The van der Waals surface area contributed by atoms with Gasteiger partial charge in [0.2, 0.25) is 21.8 Å². The van der Waals surface area contributed by atoms with Crippen molar-refractivity contribution in [3.05, 3.63) is 63.6 Å². The zero-order valence-electron chi connectivity index (χ0n) is 17.7. The predicted molar refractivity (Wildman–Crippen MR) is 124 cm³/mol. The van der Waals surface area contributed by atoms with Gasteiger partial charge in [0.15, 0.2) is 0 Å². The number of rotatable bonds is 8. The number of benzene rings is 2. The van der Waals surface area contributed by atoms with Crippen molar-refractivity contribution in [2.24, 2.45) is 0 Å². The van der Waals surface area contributed by atoms with Gasteiger partial charge in [-0.3, -0.25) is 13.9 Å². The normalized spacial score (nSPS) is 12.2. The van der Waals surface area contributed by atoms with Crippen LogP contribution >= 0.6 is 23.2 Å². The second-order valence-corrected chi connectivity index (χ2v) is 9.92. The van der Waals surface area contributed by atoms with Crippen LogP contribution < -0.4 is 9.62 Å². The van der Waals surface area contributed by atoms with Crippen LogP contribution in [0.25, 0.3) is 0 Å². The molecule has 0 bridgehead atoms. The Morgan fingerprint density at radius 1 is 1.06 bits per heavy atom. The summed E-state index contributed by atoms with van der Waals surface area (Å²) in [5, 5.41) is 3.41. The molecule has 7 nitrogen and oxygen atoms in total. The Bertz CT molecular complexity index is 1060. The van der Waals surface area contributed by atoms with E-state index in [1.165, 1.54) is 18.0 Å². The molecule has 1 atom stereocenters. The Morgan fingerprint density at radius 3 is 2.19 bits per heavy atom. The maximum atomic E-state index is 13.3. The average molecular weight is 486 g/mol. The molecule has 0 saturated heterocycles. The SMILES string of the molecule is CNC(=O)[C@H](C)N(Cc1ccc(Cl)cc1)C(=O)CN(c1cc(Cl)ccc1C)S(C)(=O)=O. The van der Waals surface area contributed by atoms with E-state index in [9.17, 15) is 18.0 Å². The van der Waals surface area contributed by atoms with Gasteiger partial charge in [0.25, 0.3) is 0 Å². The molecule has 2 rings (SSSR count). The van der Waals surface area contributed by atoms with Gasteiger partial charge in [0.1, 0.15) is 12.6 Å². The fourth-order valence-corrected chi connectivity index (χ4v) is 4.22. The second-order valence-electron chi connectivity index (χ2n) is 7.14. The van der Waals surface area contributed by atoms with E-state index in [0.717, 1.165) is 16.1 Å². The summed E-state index contributed by atoms with van der Waals surface area (Å²) in [6, 6.07) is 10.8. The van der Waals surface area contributed by atoms with Crippen molar-refractivity contribution in [2.75, 3.05) is 24.2 Å². The van der Waals surface area contributed by atoms with Gasteiger partial charge in [-0.15, -0.1) is 0 Å². The first kappa shape index (κ1) is 25.0. The van der Waals surface area contributed by atoms with Gasteiger partial charge in [0.05, 0.1) is 11.9 Å². The van der Waals surface area contributed by atoms with Gasteiger partial charge in [-0.05, 0) is 49.2 Å². The van der Waals surface area contributed by atoms with Crippen molar-refractivity contribution < 1.29 is 18.0 Å². The van der Waals surface area contributed by atoms with Crippen LogP contribution in [0.4, 0.5) is 5.69 Å². The first-order valence-electron chi connectivity index (χ1n) is 9.43. The quantitative estimate of drug-likeness (QED) is 0.621. The highest BCUT2D eigenvalue weighted by Crippen LogP contribution is 2.26. The average Bonchev–Trinajstić information content (AvgIpc) is 2.71. The van der Waals surface area contributed by atoms with Crippen molar-refractivity contribution in [3.63, 3.8) is 0 Å². The Labute approximate surface area is 193 Å². The van der Waals surface area contributed by atoms with Gasteiger partial charge in [-0.25, -0.2) is 8.42 Å². The van der Waals surface area contributed by atoms with Crippen LogP contribution in [0.15, 0.2) is 42.5 Å². The van der Waals surface area contributed by atoms with Gasteiger partial charge >= 0.3 is 0 Å². The zero-order valence-corrected chi connectivity index (χ0v) is 20.1. The summed E-state index contributed by atoms with van der Waals surface area (Å²) in [7, 11) is -2.33. The van der Waals surface area contributed by atoms with E-state index in [4.69, 9.17) is 23.2 Å². The number of carbonyl (C=O) groups is 2. The molecule has 2 amide bonds. The molecular formula is C21H25Cl2N3O4S. The van der Waals surface area contributed by atoms with Crippen molar-refractivity contribution in [2.45, 2.75) is 26.4 Å². The van der Waals surface area contributed by atoms with Crippen LogP contribution in [-0.4, -0.2) is 51.0 Å². The number of hydrogen-bond acceptors (Lipinski definition) is 4. The van der Waals surface area contributed by atoms with Crippen molar-refractivity contribution in [1.29, 1.82) is 0 Å². The lowest BCUT2D eigenvalue weighted by Gasteiger charge is -2.31. The summed E-state index contributed by atoms with van der Waals surface area (Å²) < 4.78 is 26.1. The summed E-state index contributed by atoms with van der Waals surface area (Å²) >= 11 is 12.0. The molecular weight excluding hydrogens is 461 g/mol. The smallest absolute Gasteiger partial charge is 0.244 e. The summed E-state index contributed by atoms with van der Waals surface area (Å²) in [6.07, 6.45) is 1.02. The Hall–Kier alpha value is -2.29. The minimum absolute atomic E-state index is 0.108. The maximum absolute atomic E-state index is 13.3. The number of hydrogen-bond donors (Lipinski definition) is 1. The van der Waals surface area contributed by atoms with E-state index < -0.39 is 28.5 Å². The number of nitrogens with one attached hydrogen (secondary N) is 1. The Morgan fingerprint density at radius 2 is 1.65 bits per heavy atom.